The lowest BCUT2D eigenvalue weighted by Crippen LogP contribution is -2.37. The molecule has 0 spiro atoms. The summed E-state index contributed by atoms with van der Waals surface area (Å²) < 4.78 is 8.64. The molecule has 7 N–H and O–H groups in total. The lowest BCUT2D eigenvalue weighted by atomic mass is 10.0. The van der Waals surface area contributed by atoms with E-state index in [2.05, 4.69) is 33.9 Å². The monoisotopic (exact) mass is 940 g/mol. The second-order valence-corrected chi connectivity index (χ2v) is 18.3. The fraction of sp³-hybridized carbons (Fsp3) is 0.440. The van der Waals surface area contributed by atoms with Crippen LogP contribution in [0, 0.1) is 35.5 Å². The number of esters is 1. The van der Waals surface area contributed by atoms with E-state index in [0.29, 0.717) is 85.7 Å². The number of amides is 5. The van der Waals surface area contributed by atoms with Gasteiger partial charge in [-0.1, -0.05) is 35.8 Å². The van der Waals surface area contributed by atoms with Gasteiger partial charge in [-0.3, -0.25) is 24.0 Å². The number of hydrogen-bond donors (Lipinski definition) is 4. The van der Waals surface area contributed by atoms with E-state index in [1.165, 1.54) is 9.80 Å². The predicted octanol–water partition coefficient (Wildman–Crippen LogP) is 1.66. The molecule has 0 unspecified atom stereocenters. The number of ether oxygens (including phenoxy) is 1. The van der Waals surface area contributed by atoms with Gasteiger partial charge in [-0.2, -0.15) is 10.2 Å². The van der Waals surface area contributed by atoms with Gasteiger partial charge < -0.3 is 46.4 Å². The summed E-state index contributed by atoms with van der Waals surface area (Å²) in [4.78, 5) is 81.0. The van der Waals surface area contributed by atoms with Crippen LogP contribution in [0.4, 0.5) is 0 Å². The lowest BCUT2D eigenvalue weighted by molar-refractivity contribution is -0.138. The maximum atomic E-state index is 12.7. The molecule has 2 aliphatic carbocycles. The van der Waals surface area contributed by atoms with Gasteiger partial charge in [0, 0.05) is 113 Å². The molecule has 19 heteroatoms. The number of likely N-dealkylation sites (tertiary alicyclic amines) is 2. The number of aliphatic hydroxyl groups is 2. The van der Waals surface area contributed by atoms with Crippen LogP contribution in [0.25, 0.3) is 11.4 Å². The third-order valence-corrected chi connectivity index (χ3v) is 13.3. The molecule has 6 heterocycles. The standard InChI is InChI=1S/C26H28N4O5.C24H25N5O4.H3N/c1-3-35-24(32)22-20-16-29(23(31)18-7-8-18)13-10-21(20)30(27-22)19-6-4-5-17(15-19)9-11-26(34)12-14-28(2)25(26)33;1-27-12-10-24(33,23(27)32)9-7-15-3-2-4-17(13-15)29-19-8-11-28(22(31)16-5-6-16)14-18(19)20(26-29)21(25)30;/h4-6,15,18,34H,3,7-8,10,12-14,16H2,1-2H3;2-4,13,16,33H,5-6,8,10-12,14H2,1H3,(H2,25,30);1H3/t26-;24-;/m00./s1. The average Bonchev–Trinajstić information content (AvgIpc) is 4.27. The van der Waals surface area contributed by atoms with Crippen molar-refractivity contribution in [2.45, 2.75) is 82.6 Å². The average molecular weight is 941 g/mol. The van der Waals surface area contributed by atoms with Gasteiger partial charge in [0.2, 0.25) is 23.0 Å². The number of hydrogen-bond acceptors (Lipinski definition) is 12. The number of fused-ring (bicyclic) bond motifs is 2. The highest BCUT2D eigenvalue weighted by molar-refractivity contribution is 5.94. The second kappa shape index (κ2) is 19.0. The molecule has 4 aromatic rings. The topological polar surface area (TPSA) is 262 Å². The summed E-state index contributed by atoms with van der Waals surface area (Å²) in [5.74, 6) is 9.84. The molecule has 2 saturated heterocycles. The first-order valence-electron chi connectivity index (χ1n) is 23.1. The Morgan fingerprint density at radius 2 is 1.14 bits per heavy atom. The minimum Gasteiger partial charge on any atom is -0.461 e. The molecule has 4 aliphatic heterocycles. The smallest absolute Gasteiger partial charge is 0.359 e. The van der Waals surface area contributed by atoms with Gasteiger partial charge in [-0.05, 0) is 69.0 Å². The van der Waals surface area contributed by atoms with E-state index in [-0.39, 0.29) is 60.6 Å². The van der Waals surface area contributed by atoms with Crippen LogP contribution in [0.1, 0.15) is 100 Å². The molecule has 2 aromatic carbocycles. The summed E-state index contributed by atoms with van der Waals surface area (Å²) in [6.45, 7) is 4.68. The summed E-state index contributed by atoms with van der Waals surface area (Å²) >= 11 is 0. The van der Waals surface area contributed by atoms with Crippen molar-refractivity contribution in [3.05, 3.63) is 93.6 Å². The van der Waals surface area contributed by atoms with Gasteiger partial charge in [0.05, 0.1) is 29.4 Å². The van der Waals surface area contributed by atoms with Crippen LogP contribution in [0.5, 0.6) is 0 Å². The van der Waals surface area contributed by atoms with Crippen LogP contribution in [0.2, 0.25) is 0 Å². The van der Waals surface area contributed by atoms with E-state index < -0.39 is 34.9 Å². The highest BCUT2D eigenvalue weighted by Gasteiger charge is 2.44. The van der Waals surface area contributed by atoms with Gasteiger partial charge in [-0.15, -0.1) is 0 Å². The Balaban J connectivity index is 0.000000184. The number of nitrogens with two attached hydrogens (primary N) is 1. The molecule has 69 heavy (non-hydrogen) atoms. The molecule has 6 aliphatic rings. The number of carbonyl (C=O) groups is 6. The molecule has 2 saturated carbocycles. The van der Waals surface area contributed by atoms with E-state index in [9.17, 15) is 39.0 Å². The van der Waals surface area contributed by atoms with Crippen LogP contribution < -0.4 is 11.9 Å². The molecule has 2 atom stereocenters. The SMILES string of the molecule is CCOC(=O)c1nn(-c2cccc(C#C[C@]3(O)CCN(C)C3=O)c2)c2c1CN(C(=O)C1CC1)CC2.CN1CC[C@@](O)(C#Cc2cccc(-n3nc(C(N)=O)c4c3CCN(C(=O)C3CC3)C4)c2)C1=O.N. The first-order chi connectivity index (χ1) is 32.6. The van der Waals surface area contributed by atoms with Crippen LogP contribution in [-0.4, -0.2) is 143 Å². The zero-order valence-electron chi connectivity index (χ0n) is 39.0. The van der Waals surface area contributed by atoms with Crippen LogP contribution in [0.3, 0.4) is 0 Å². The van der Waals surface area contributed by atoms with Gasteiger partial charge in [0.1, 0.15) is 0 Å². The first kappa shape index (κ1) is 48.1. The van der Waals surface area contributed by atoms with Crippen LogP contribution >= 0.6 is 0 Å². The molecule has 19 nitrogen and oxygen atoms in total. The van der Waals surface area contributed by atoms with Crippen molar-refractivity contribution >= 4 is 35.5 Å². The molecule has 4 fully saturated rings. The number of rotatable bonds is 7. The van der Waals surface area contributed by atoms with Crippen molar-refractivity contribution in [3.63, 3.8) is 0 Å². The molecular weight excluding hydrogens is 885 g/mol. The van der Waals surface area contributed by atoms with Crippen molar-refractivity contribution in [1.29, 1.82) is 0 Å². The molecule has 2 aromatic heterocycles. The highest BCUT2D eigenvalue weighted by atomic mass is 16.5. The summed E-state index contributed by atoms with van der Waals surface area (Å²) in [5, 5.41) is 30.2. The van der Waals surface area contributed by atoms with Gasteiger partial charge in [0.25, 0.3) is 17.7 Å². The number of carbonyl (C=O) groups excluding carboxylic acids is 6. The van der Waals surface area contributed by atoms with Gasteiger partial charge in [-0.25, -0.2) is 14.2 Å². The van der Waals surface area contributed by atoms with E-state index in [1.54, 1.807) is 59.5 Å². The highest BCUT2D eigenvalue weighted by Crippen LogP contribution is 2.36. The first-order valence-corrected chi connectivity index (χ1v) is 23.1. The lowest BCUT2D eigenvalue weighted by Gasteiger charge is -2.28. The molecule has 5 amide bonds. The Morgan fingerprint density at radius 3 is 1.54 bits per heavy atom. The zero-order valence-corrected chi connectivity index (χ0v) is 39.0. The van der Waals surface area contributed by atoms with Gasteiger partial charge >= 0.3 is 5.97 Å². The number of aromatic nitrogens is 4. The third-order valence-electron chi connectivity index (χ3n) is 13.3. The van der Waals surface area contributed by atoms with Crippen molar-refractivity contribution in [2.24, 2.45) is 17.6 Å². The number of nitrogens with zero attached hydrogens (tertiary/aromatic N) is 8. The van der Waals surface area contributed by atoms with Crippen molar-refractivity contribution in [3.8, 4) is 35.1 Å². The predicted molar refractivity (Wildman–Crippen MR) is 248 cm³/mol. The minimum absolute atomic E-state index is 0. The Morgan fingerprint density at radius 1 is 0.710 bits per heavy atom. The third kappa shape index (κ3) is 9.58. The normalized spacial score (nSPS) is 21.4. The summed E-state index contributed by atoms with van der Waals surface area (Å²) in [6, 6.07) is 14.5. The Kier molecular flexibility index (Phi) is 13.3. The van der Waals surface area contributed by atoms with E-state index >= 15 is 0 Å². The Bertz CT molecular complexity index is 2890. The fourth-order valence-corrected chi connectivity index (χ4v) is 9.10. The zero-order chi connectivity index (χ0) is 48.1. The molecule has 10 rings (SSSR count). The minimum atomic E-state index is -1.68. The second-order valence-electron chi connectivity index (χ2n) is 18.3. The number of primary amides is 1. The number of likely N-dealkylation sites (N-methyl/N-ethyl adjacent to an activating group) is 2. The molecule has 0 bridgehead atoms. The molecular formula is C50H56N10O9. The summed E-state index contributed by atoms with van der Waals surface area (Å²) in [5.41, 5.74) is 8.37. The van der Waals surface area contributed by atoms with E-state index in [1.807, 2.05) is 29.2 Å². The largest absolute Gasteiger partial charge is 0.461 e. The summed E-state index contributed by atoms with van der Waals surface area (Å²) in [6.07, 6.45) is 5.36. The van der Waals surface area contributed by atoms with Crippen LogP contribution in [0.15, 0.2) is 48.5 Å². The fourth-order valence-electron chi connectivity index (χ4n) is 9.10. The van der Waals surface area contributed by atoms with Gasteiger partial charge in [0.15, 0.2) is 11.4 Å². The summed E-state index contributed by atoms with van der Waals surface area (Å²) in [7, 11) is 3.28. The number of benzene rings is 2. The maximum absolute atomic E-state index is 12.7. The van der Waals surface area contributed by atoms with Crippen molar-refractivity contribution in [2.75, 3.05) is 46.9 Å². The van der Waals surface area contributed by atoms with Crippen molar-refractivity contribution in [1.82, 2.24) is 45.3 Å². The van der Waals surface area contributed by atoms with E-state index in [4.69, 9.17) is 10.5 Å². The molecule has 360 valence electrons. The van der Waals surface area contributed by atoms with Crippen molar-refractivity contribution < 1.29 is 43.7 Å². The Labute approximate surface area is 399 Å². The Hall–Kier alpha value is -7.32. The molecule has 0 radical (unpaired) electrons. The van der Waals surface area contributed by atoms with Crippen LogP contribution in [-0.2, 0) is 49.8 Å². The quantitative estimate of drug-likeness (QED) is 0.152. The maximum Gasteiger partial charge on any atom is 0.359 e. The van der Waals surface area contributed by atoms with E-state index in [0.717, 1.165) is 37.1 Å².